The van der Waals surface area contributed by atoms with Gasteiger partial charge >= 0.3 is 6.09 Å². The Kier molecular flexibility index (Phi) is 6.65. The van der Waals surface area contributed by atoms with Crippen molar-refractivity contribution in [1.29, 1.82) is 0 Å². The lowest BCUT2D eigenvalue weighted by molar-refractivity contribution is -0.118. The molecule has 7 nitrogen and oxygen atoms in total. The van der Waals surface area contributed by atoms with Crippen LogP contribution in [0.2, 0.25) is 0 Å². The first-order valence-corrected chi connectivity index (χ1v) is 9.91. The van der Waals surface area contributed by atoms with Crippen molar-refractivity contribution in [2.45, 2.75) is 32.1 Å². The summed E-state index contributed by atoms with van der Waals surface area (Å²) in [6, 6.07) is 9.02. The first kappa shape index (κ1) is 19.9. The average molecular weight is 402 g/mol. The topological polar surface area (TPSA) is 93.7 Å². The molecule has 148 valence electrons. The normalized spacial score (nSPS) is 13.0. The van der Waals surface area contributed by atoms with Gasteiger partial charge in [0.1, 0.15) is 10.8 Å². The lowest BCUT2D eigenvalue weighted by Crippen LogP contribution is -2.31. The molecule has 1 aromatic heterocycles. The van der Waals surface area contributed by atoms with E-state index >= 15 is 0 Å². The molecule has 0 fully saturated rings. The van der Waals surface area contributed by atoms with Gasteiger partial charge in [-0.2, -0.15) is 0 Å². The molecule has 0 bridgehead atoms. The number of rotatable bonds is 5. The van der Waals surface area contributed by atoms with Crippen molar-refractivity contribution < 1.29 is 23.9 Å². The highest BCUT2D eigenvalue weighted by Gasteiger charge is 2.27. The molecule has 1 aliphatic carbocycles. The number of fused-ring (bicyclic) bond motifs is 1. The maximum atomic E-state index is 12.7. The standard InChI is InChI=1S/C20H22N2O5S/c1-26-20(25)22-18(24)17-14-10-6-3-7-11-15(14)28-19(17)21-16(23)12-27-13-8-4-2-5-9-13/h2,4-5,8-9H,3,6-7,10-12H2,1H3,(H,21,23)(H,22,24,25). The molecular weight excluding hydrogens is 380 g/mol. The van der Waals surface area contributed by atoms with Gasteiger partial charge in [0.25, 0.3) is 11.8 Å². The van der Waals surface area contributed by atoms with Crippen LogP contribution in [0, 0.1) is 0 Å². The van der Waals surface area contributed by atoms with Gasteiger partial charge in [-0.15, -0.1) is 11.3 Å². The molecule has 0 aliphatic heterocycles. The highest BCUT2D eigenvalue weighted by atomic mass is 32.1. The van der Waals surface area contributed by atoms with E-state index in [1.54, 1.807) is 12.1 Å². The van der Waals surface area contributed by atoms with E-state index in [-0.39, 0.29) is 12.5 Å². The Hall–Kier alpha value is -2.87. The molecule has 1 aliphatic rings. The predicted molar refractivity (Wildman–Crippen MR) is 106 cm³/mol. The van der Waals surface area contributed by atoms with Crippen LogP contribution in [0.5, 0.6) is 5.75 Å². The Morgan fingerprint density at radius 1 is 1.07 bits per heavy atom. The number of carbonyl (C=O) groups is 3. The zero-order chi connectivity index (χ0) is 19.9. The van der Waals surface area contributed by atoms with E-state index in [0.29, 0.717) is 16.3 Å². The molecule has 0 atom stereocenters. The zero-order valence-electron chi connectivity index (χ0n) is 15.6. The van der Waals surface area contributed by atoms with Crippen LogP contribution in [0.4, 0.5) is 9.80 Å². The van der Waals surface area contributed by atoms with E-state index in [9.17, 15) is 14.4 Å². The maximum Gasteiger partial charge on any atom is 0.413 e. The third-order valence-corrected chi connectivity index (χ3v) is 5.62. The number of imide groups is 1. The summed E-state index contributed by atoms with van der Waals surface area (Å²) < 4.78 is 9.98. The number of methoxy groups -OCH3 is 1. The molecule has 2 N–H and O–H groups in total. The number of hydrogen-bond acceptors (Lipinski definition) is 6. The average Bonchev–Trinajstić information content (AvgIpc) is 2.87. The lowest BCUT2D eigenvalue weighted by atomic mass is 10.0. The fourth-order valence-corrected chi connectivity index (χ4v) is 4.41. The van der Waals surface area contributed by atoms with Crippen LogP contribution in [-0.2, 0) is 22.4 Å². The van der Waals surface area contributed by atoms with Crippen LogP contribution in [0.1, 0.15) is 40.1 Å². The fraction of sp³-hybridized carbons (Fsp3) is 0.350. The highest BCUT2D eigenvalue weighted by Crippen LogP contribution is 2.37. The van der Waals surface area contributed by atoms with Crippen molar-refractivity contribution >= 4 is 34.2 Å². The minimum atomic E-state index is -0.830. The second kappa shape index (κ2) is 9.36. The molecule has 8 heteroatoms. The van der Waals surface area contributed by atoms with Crippen molar-refractivity contribution in [3.05, 3.63) is 46.3 Å². The van der Waals surface area contributed by atoms with Gasteiger partial charge in [-0.1, -0.05) is 24.6 Å². The molecule has 1 heterocycles. The predicted octanol–water partition coefficient (Wildman–Crippen LogP) is 3.53. The van der Waals surface area contributed by atoms with E-state index in [1.165, 1.54) is 18.4 Å². The zero-order valence-corrected chi connectivity index (χ0v) is 16.4. The second-order valence-electron chi connectivity index (χ2n) is 6.36. The summed E-state index contributed by atoms with van der Waals surface area (Å²) in [5, 5.41) is 5.41. The van der Waals surface area contributed by atoms with Crippen LogP contribution in [0.3, 0.4) is 0 Å². The van der Waals surface area contributed by atoms with Gasteiger partial charge < -0.3 is 14.8 Å². The van der Waals surface area contributed by atoms with Crippen LogP contribution < -0.4 is 15.4 Å². The van der Waals surface area contributed by atoms with Gasteiger partial charge in [-0.05, 0) is 43.4 Å². The number of nitrogens with one attached hydrogen (secondary N) is 2. The fourth-order valence-electron chi connectivity index (χ4n) is 3.11. The lowest BCUT2D eigenvalue weighted by Gasteiger charge is -2.09. The minimum Gasteiger partial charge on any atom is -0.484 e. The maximum absolute atomic E-state index is 12.7. The first-order chi connectivity index (χ1) is 13.6. The number of benzene rings is 1. The summed E-state index contributed by atoms with van der Waals surface area (Å²) in [7, 11) is 1.19. The van der Waals surface area contributed by atoms with E-state index in [2.05, 4.69) is 15.4 Å². The van der Waals surface area contributed by atoms with Crippen LogP contribution in [0.15, 0.2) is 30.3 Å². The van der Waals surface area contributed by atoms with E-state index in [0.717, 1.165) is 42.5 Å². The summed E-state index contributed by atoms with van der Waals surface area (Å²) in [5.74, 6) is -0.346. The van der Waals surface area contributed by atoms with Gasteiger partial charge in [0, 0.05) is 4.88 Å². The minimum absolute atomic E-state index is 0.176. The molecule has 2 aromatic rings. The molecule has 1 aromatic carbocycles. The number of alkyl carbamates (subject to hydrolysis) is 1. The van der Waals surface area contributed by atoms with Crippen LogP contribution >= 0.6 is 11.3 Å². The molecule has 3 amide bonds. The number of thiophene rings is 1. The second-order valence-corrected chi connectivity index (χ2v) is 7.47. The number of aryl methyl sites for hydroxylation is 1. The van der Waals surface area contributed by atoms with Crippen molar-refractivity contribution in [3.63, 3.8) is 0 Å². The molecule has 28 heavy (non-hydrogen) atoms. The molecule has 0 saturated heterocycles. The number of carbonyl (C=O) groups excluding carboxylic acids is 3. The van der Waals surface area contributed by atoms with Gasteiger partial charge in [-0.3, -0.25) is 14.9 Å². The summed E-state index contributed by atoms with van der Waals surface area (Å²) in [4.78, 5) is 37.6. The summed E-state index contributed by atoms with van der Waals surface area (Å²) >= 11 is 1.39. The summed E-state index contributed by atoms with van der Waals surface area (Å²) in [6.07, 6.45) is 3.86. The third kappa shape index (κ3) is 4.89. The van der Waals surface area contributed by atoms with Gasteiger partial charge in [0.15, 0.2) is 6.61 Å². The van der Waals surface area contributed by atoms with Crippen molar-refractivity contribution in [3.8, 4) is 5.75 Å². The molecule has 3 rings (SSSR count). The number of hydrogen-bond donors (Lipinski definition) is 2. The van der Waals surface area contributed by atoms with E-state index < -0.39 is 12.0 Å². The molecular formula is C20H22N2O5S. The highest BCUT2D eigenvalue weighted by molar-refractivity contribution is 7.17. The Labute approximate surface area is 167 Å². The Bertz CT molecular complexity index is 863. The van der Waals surface area contributed by atoms with Crippen molar-refractivity contribution in [1.82, 2.24) is 5.32 Å². The number of para-hydroxylation sites is 1. The number of ether oxygens (including phenoxy) is 2. The Morgan fingerprint density at radius 3 is 2.57 bits per heavy atom. The SMILES string of the molecule is COC(=O)NC(=O)c1c(NC(=O)COc2ccccc2)sc2c1CCCCC2. The van der Waals surface area contributed by atoms with Crippen LogP contribution in [-0.4, -0.2) is 31.6 Å². The smallest absolute Gasteiger partial charge is 0.413 e. The Morgan fingerprint density at radius 2 is 1.82 bits per heavy atom. The van der Waals surface area contributed by atoms with E-state index in [4.69, 9.17) is 4.74 Å². The number of amides is 3. The van der Waals surface area contributed by atoms with E-state index in [1.807, 2.05) is 18.2 Å². The molecule has 0 radical (unpaired) electrons. The van der Waals surface area contributed by atoms with Crippen molar-refractivity contribution in [2.24, 2.45) is 0 Å². The van der Waals surface area contributed by atoms with Gasteiger partial charge in [0.2, 0.25) is 0 Å². The quantitative estimate of drug-likeness (QED) is 0.746. The third-order valence-electron chi connectivity index (χ3n) is 4.42. The van der Waals surface area contributed by atoms with Crippen LogP contribution in [0.25, 0.3) is 0 Å². The first-order valence-electron chi connectivity index (χ1n) is 9.10. The largest absolute Gasteiger partial charge is 0.484 e. The summed E-state index contributed by atoms with van der Waals surface area (Å²) in [5.41, 5.74) is 1.25. The number of anilines is 1. The molecule has 0 spiro atoms. The van der Waals surface area contributed by atoms with Crippen molar-refractivity contribution in [2.75, 3.05) is 19.0 Å². The summed E-state index contributed by atoms with van der Waals surface area (Å²) in [6.45, 7) is -0.176. The molecule has 0 unspecified atom stereocenters. The van der Waals surface area contributed by atoms with Gasteiger partial charge in [0.05, 0.1) is 12.7 Å². The monoisotopic (exact) mass is 402 g/mol. The van der Waals surface area contributed by atoms with Gasteiger partial charge in [-0.25, -0.2) is 4.79 Å². The molecule has 0 saturated carbocycles. The Balaban J connectivity index is 1.78.